The molecule has 0 aromatic carbocycles. The number of likely N-dealkylation sites (N-methyl/N-ethyl adjacent to an activating group) is 1. The van der Waals surface area contributed by atoms with Crippen LogP contribution in [-0.2, 0) is 4.79 Å². The third-order valence-electron chi connectivity index (χ3n) is 2.23. The van der Waals surface area contributed by atoms with Gasteiger partial charge in [-0.05, 0) is 6.07 Å². The Hall–Kier alpha value is -2.37. The van der Waals surface area contributed by atoms with Gasteiger partial charge in [-0.1, -0.05) is 0 Å². The molecule has 17 heavy (non-hydrogen) atoms. The topological polar surface area (TPSA) is 79.5 Å². The SMILES string of the molecule is CN(CC(=O)O)c1cc(-c2ccoc2)ncn1. The Bertz CT molecular complexity index is 510. The molecule has 2 rings (SSSR count). The average molecular weight is 233 g/mol. The van der Waals surface area contributed by atoms with Crippen LogP contribution in [0.4, 0.5) is 5.82 Å². The van der Waals surface area contributed by atoms with Crippen molar-refractivity contribution < 1.29 is 14.3 Å². The van der Waals surface area contributed by atoms with Gasteiger partial charge in [0.2, 0.25) is 0 Å². The number of carbonyl (C=O) groups is 1. The maximum Gasteiger partial charge on any atom is 0.323 e. The van der Waals surface area contributed by atoms with Crippen molar-refractivity contribution >= 4 is 11.8 Å². The van der Waals surface area contributed by atoms with Crippen LogP contribution < -0.4 is 4.90 Å². The summed E-state index contributed by atoms with van der Waals surface area (Å²) >= 11 is 0. The molecule has 6 heteroatoms. The number of furan rings is 1. The van der Waals surface area contributed by atoms with Crippen LogP contribution in [0, 0.1) is 0 Å². The quantitative estimate of drug-likeness (QED) is 0.856. The van der Waals surface area contributed by atoms with Crippen molar-refractivity contribution in [1.29, 1.82) is 0 Å². The first kappa shape index (κ1) is 11.1. The van der Waals surface area contributed by atoms with Gasteiger partial charge in [-0.3, -0.25) is 4.79 Å². The molecule has 6 nitrogen and oxygen atoms in total. The summed E-state index contributed by atoms with van der Waals surface area (Å²) in [5.41, 5.74) is 1.53. The molecule has 0 saturated heterocycles. The minimum atomic E-state index is -0.907. The van der Waals surface area contributed by atoms with Gasteiger partial charge in [-0.15, -0.1) is 0 Å². The van der Waals surface area contributed by atoms with Crippen LogP contribution in [-0.4, -0.2) is 34.6 Å². The number of hydrogen-bond donors (Lipinski definition) is 1. The van der Waals surface area contributed by atoms with E-state index in [1.54, 1.807) is 31.7 Å². The van der Waals surface area contributed by atoms with E-state index in [0.717, 1.165) is 5.56 Å². The molecular formula is C11H11N3O3. The summed E-state index contributed by atoms with van der Waals surface area (Å²) in [6.07, 6.45) is 4.53. The zero-order valence-corrected chi connectivity index (χ0v) is 9.20. The van der Waals surface area contributed by atoms with E-state index in [1.165, 1.54) is 11.2 Å². The fourth-order valence-corrected chi connectivity index (χ4v) is 1.41. The molecule has 0 saturated carbocycles. The summed E-state index contributed by atoms with van der Waals surface area (Å²) in [7, 11) is 1.66. The lowest BCUT2D eigenvalue weighted by Crippen LogP contribution is -2.25. The van der Waals surface area contributed by atoms with Gasteiger partial charge in [0, 0.05) is 18.7 Å². The summed E-state index contributed by atoms with van der Waals surface area (Å²) in [4.78, 5) is 20.3. The molecule has 0 aliphatic heterocycles. The zero-order chi connectivity index (χ0) is 12.3. The number of aliphatic carboxylic acids is 1. The highest BCUT2D eigenvalue weighted by Gasteiger charge is 2.09. The second-order valence-corrected chi connectivity index (χ2v) is 3.52. The van der Waals surface area contributed by atoms with Gasteiger partial charge < -0.3 is 14.4 Å². The van der Waals surface area contributed by atoms with Crippen LogP contribution in [0.1, 0.15) is 0 Å². The van der Waals surface area contributed by atoms with E-state index < -0.39 is 5.97 Å². The highest BCUT2D eigenvalue weighted by atomic mass is 16.4. The van der Waals surface area contributed by atoms with E-state index in [4.69, 9.17) is 9.52 Å². The molecule has 0 aliphatic carbocycles. The van der Waals surface area contributed by atoms with Crippen molar-refractivity contribution in [2.75, 3.05) is 18.5 Å². The molecule has 0 spiro atoms. The number of rotatable bonds is 4. The Balaban J connectivity index is 2.25. The van der Waals surface area contributed by atoms with E-state index in [0.29, 0.717) is 11.5 Å². The number of nitrogens with zero attached hydrogens (tertiary/aromatic N) is 3. The standard InChI is InChI=1S/C11H11N3O3/c1-14(5-11(15)16)10-4-9(12-7-13-10)8-2-3-17-6-8/h2-4,6-7H,5H2,1H3,(H,15,16). The number of aromatic nitrogens is 2. The maximum absolute atomic E-state index is 10.6. The lowest BCUT2D eigenvalue weighted by Gasteiger charge is -2.15. The number of anilines is 1. The van der Waals surface area contributed by atoms with Gasteiger partial charge in [0.15, 0.2) is 0 Å². The second-order valence-electron chi connectivity index (χ2n) is 3.52. The Kier molecular flexibility index (Phi) is 3.04. The Morgan fingerprint density at radius 1 is 1.53 bits per heavy atom. The summed E-state index contributed by atoms with van der Waals surface area (Å²) in [5, 5.41) is 8.70. The zero-order valence-electron chi connectivity index (χ0n) is 9.20. The Morgan fingerprint density at radius 3 is 3.00 bits per heavy atom. The van der Waals surface area contributed by atoms with E-state index in [-0.39, 0.29) is 6.54 Å². The molecule has 88 valence electrons. The molecule has 0 amide bonds. The highest BCUT2D eigenvalue weighted by Crippen LogP contribution is 2.20. The number of carboxylic acid groups (broad SMARTS) is 1. The number of carboxylic acids is 1. The van der Waals surface area contributed by atoms with Crippen molar-refractivity contribution in [2.24, 2.45) is 0 Å². The van der Waals surface area contributed by atoms with Gasteiger partial charge in [-0.2, -0.15) is 0 Å². The molecule has 2 aromatic rings. The largest absolute Gasteiger partial charge is 0.480 e. The first-order valence-electron chi connectivity index (χ1n) is 4.94. The Labute approximate surface area is 97.5 Å². The molecular weight excluding hydrogens is 222 g/mol. The molecule has 0 atom stereocenters. The second kappa shape index (κ2) is 4.65. The van der Waals surface area contributed by atoms with Gasteiger partial charge >= 0.3 is 5.97 Å². The highest BCUT2D eigenvalue weighted by molar-refractivity contribution is 5.73. The summed E-state index contributed by atoms with van der Waals surface area (Å²) in [6, 6.07) is 3.50. The normalized spacial score (nSPS) is 10.2. The van der Waals surface area contributed by atoms with Crippen LogP contribution >= 0.6 is 0 Å². The van der Waals surface area contributed by atoms with Gasteiger partial charge in [0.05, 0.1) is 18.2 Å². The van der Waals surface area contributed by atoms with Crippen LogP contribution in [0.3, 0.4) is 0 Å². The van der Waals surface area contributed by atoms with Crippen molar-refractivity contribution in [2.45, 2.75) is 0 Å². The van der Waals surface area contributed by atoms with Crippen molar-refractivity contribution in [3.05, 3.63) is 31.0 Å². The van der Waals surface area contributed by atoms with Gasteiger partial charge in [0.1, 0.15) is 18.7 Å². The average Bonchev–Trinajstić information content (AvgIpc) is 2.82. The van der Waals surface area contributed by atoms with Crippen molar-refractivity contribution in [3.63, 3.8) is 0 Å². The predicted molar refractivity (Wildman–Crippen MR) is 60.6 cm³/mol. The van der Waals surface area contributed by atoms with Gasteiger partial charge in [0.25, 0.3) is 0 Å². The van der Waals surface area contributed by atoms with Crippen molar-refractivity contribution in [3.8, 4) is 11.3 Å². The van der Waals surface area contributed by atoms with Crippen LogP contribution in [0.2, 0.25) is 0 Å². The lowest BCUT2D eigenvalue weighted by molar-refractivity contribution is -0.135. The van der Waals surface area contributed by atoms with Crippen LogP contribution in [0.15, 0.2) is 35.4 Å². The van der Waals surface area contributed by atoms with E-state index >= 15 is 0 Å². The minimum absolute atomic E-state index is 0.109. The van der Waals surface area contributed by atoms with Gasteiger partial charge in [-0.25, -0.2) is 9.97 Å². The minimum Gasteiger partial charge on any atom is -0.480 e. The number of hydrogen-bond acceptors (Lipinski definition) is 5. The molecule has 2 heterocycles. The first-order valence-corrected chi connectivity index (χ1v) is 4.94. The monoisotopic (exact) mass is 233 g/mol. The van der Waals surface area contributed by atoms with Crippen molar-refractivity contribution in [1.82, 2.24) is 9.97 Å². The summed E-state index contributed by atoms with van der Waals surface area (Å²) in [5.74, 6) is -0.352. The molecule has 0 aliphatic rings. The molecule has 0 fully saturated rings. The van der Waals surface area contributed by atoms with Crippen LogP contribution in [0.5, 0.6) is 0 Å². The van der Waals surface area contributed by atoms with E-state index in [1.807, 2.05) is 0 Å². The molecule has 0 bridgehead atoms. The predicted octanol–water partition coefficient (Wildman–Crippen LogP) is 1.26. The molecule has 0 unspecified atom stereocenters. The maximum atomic E-state index is 10.6. The lowest BCUT2D eigenvalue weighted by atomic mass is 10.2. The third-order valence-corrected chi connectivity index (χ3v) is 2.23. The fraction of sp³-hybridized carbons (Fsp3) is 0.182. The molecule has 0 radical (unpaired) electrons. The smallest absolute Gasteiger partial charge is 0.323 e. The molecule has 1 N–H and O–H groups in total. The molecule has 2 aromatic heterocycles. The fourth-order valence-electron chi connectivity index (χ4n) is 1.41. The Morgan fingerprint density at radius 2 is 2.35 bits per heavy atom. The van der Waals surface area contributed by atoms with Crippen LogP contribution in [0.25, 0.3) is 11.3 Å². The van der Waals surface area contributed by atoms with E-state index in [2.05, 4.69) is 9.97 Å². The summed E-state index contributed by atoms with van der Waals surface area (Å²) in [6.45, 7) is -0.109. The first-order chi connectivity index (χ1) is 8.16. The summed E-state index contributed by atoms with van der Waals surface area (Å²) < 4.78 is 4.97. The third kappa shape index (κ3) is 2.60. The van der Waals surface area contributed by atoms with E-state index in [9.17, 15) is 4.79 Å².